The maximum absolute atomic E-state index is 12.2. The second kappa shape index (κ2) is 6.83. The largest absolute Gasteiger partial charge is 0.454 e. The van der Waals surface area contributed by atoms with E-state index in [0.717, 1.165) is 11.3 Å². The highest BCUT2D eigenvalue weighted by Crippen LogP contribution is 2.38. The van der Waals surface area contributed by atoms with E-state index in [2.05, 4.69) is 35.3 Å². The Morgan fingerprint density at radius 2 is 1.89 bits per heavy atom. The van der Waals surface area contributed by atoms with Gasteiger partial charge in [0.25, 0.3) is 11.8 Å². The monoisotopic (exact) mass is 367 g/mol. The molecule has 27 heavy (non-hydrogen) atoms. The number of rotatable bonds is 4. The van der Waals surface area contributed by atoms with Gasteiger partial charge in [0.2, 0.25) is 6.79 Å². The fourth-order valence-electron chi connectivity index (χ4n) is 3.30. The minimum Gasteiger partial charge on any atom is -0.454 e. The molecule has 0 unspecified atom stereocenters. The molecule has 2 aliphatic rings. The number of benzene rings is 1. The van der Waals surface area contributed by atoms with Gasteiger partial charge in [-0.1, -0.05) is 0 Å². The molecule has 2 amide bonds. The zero-order valence-electron chi connectivity index (χ0n) is 15.2. The van der Waals surface area contributed by atoms with Crippen molar-refractivity contribution < 1.29 is 19.1 Å². The second-order valence-electron chi connectivity index (χ2n) is 6.77. The van der Waals surface area contributed by atoms with Crippen LogP contribution in [0.2, 0.25) is 0 Å². The lowest BCUT2D eigenvalue weighted by atomic mass is 10.2. The Bertz CT molecular complexity index is 941. The van der Waals surface area contributed by atoms with E-state index < -0.39 is 11.8 Å². The van der Waals surface area contributed by atoms with Crippen LogP contribution in [0.5, 0.6) is 11.5 Å². The van der Waals surface area contributed by atoms with Crippen LogP contribution in [0.25, 0.3) is 6.08 Å². The number of carbonyl (C=O) groups excluding carboxylic acids is 2. The van der Waals surface area contributed by atoms with Crippen molar-refractivity contribution in [3.63, 3.8) is 0 Å². The highest BCUT2D eigenvalue weighted by molar-refractivity contribution is 5.98. The van der Waals surface area contributed by atoms with Crippen molar-refractivity contribution in [1.29, 1.82) is 0 Å². The third kappa shape index (κ3) is 3.53. The summed E-state index contributed by atoms with van der Waals surface area (Å²) < 4.78 is 12.8. The molecule has 7 nitrogen and oxygen atoms in total. The maximum Gasteiger partial charge on any atom is 0.269 e. The fourth-order valence-corrected chi connectivity index (χ4v) is 3.30. The molecule has 1 fully saturated rings. The summed E-state index contributed by atoms with van der Waals surface area (Å²) in [6.07, 6.45) is 5.61. The zero-order valence-corrected chi connectivity index (χ0v) is 15.2. The highest BCUT2D eigenvalue weighted by atomic mass is 16.7. The number of aromatic nitrogens is 1. The standard InChI is InChI=1S/C20H21N3O4/c1-12-9-14(13(2)23(12)16-5-6-16)4-8-19(24)21-22-20(25)15-3-7-17-18(10-15)27-11-26-17/h3-4,7-10,16H,5-6,11H2,1-2H3,(H,21,24)(H,22,25)/b8-4+. The van der Waals surface area contributed by atoms with Gasteiger partial charge in [-0.15, -0.1) is 0 Å². The molecular formula is C20H21N3O4. The Morgan fingerprint density at radius 1 is 1.11 bits per heavy atom. The minimum absolute atomic E-state index is 0.142. The van der Waals surface area contributed by atoms with Gasteiger partial charge in [0.1, 0.15) is 0 Å². The van der Waals surface area contributed by atoms with Crippen molar-refractivity contribution >= 4 is 17.9 Å². The van der Waals surface area contributed by atoms with Crippen molar-refractivity contribution in [2.75, 3.05) is 6.79 Å². The molecule has 1 aromatic carbocycles. The molecule has 0 spiro atoms. The van der Waals surface area contributed by atoms with Crippen LogP contribution in [-0.2, 0) is 4.79 Å². The molecule has 1 aromatic heterocycles. The van der Waals surface area contributed by atoms with E-state index in [-0.39, 0.29) is 6.79 Å². The van der Waals surface area contributed by atoms with Crippen LogP contribution in [0.15, 0.2) is 30.3 Å². The van der Waals surface area contributed by atoms with Gasteiger partial charge >= 0.3 is 0 Å². The van der Waals surface area contributed by atoms with Crippen LogP contribution in [-0.4, -0.2) is 23.2 Å². The Balaban J connectivity index is 1.35. The molecule has 0 radical (unpaired) electrons. The van der Waals surface area contributed by atoms with Crippen LogP contribution in [0.4, 0.5) is 0 Å². The lowest BCUT2D eigenvalue weighted by Gasteiger charge is -2.07. The van der Waals surface area contributed by atoms with Gasteiger partial charge < -0.3 is 14.0 Å². The van der Waals surface area contributed by atoms with Gasteiger partial charge in [-0.05, 0) is 62.6 Å². The number of aryl methyl sites for hydroxylation is 1. The number of nitrogens with one attached hydrogen (secondary N) is 2. The van der Waals surface area contributed by atoms with Gasteiger partial charge in [-0.25, -0.2) is 0 Å². The van der Waals surface area contributed by atoms with Crippen LogP contribution in [0.1, 0.15) is 46.2 Å². The summed E-state index contributed by atoms with van der Waals surface area (Å²) in [6.45, 7) is 4.28. The fraction of sp³-hybridized carbons (Fsp3) is 0.300. The van der Waals surface area contributed by atoms with E-state index in [1.807, 2.05) is 0 Å². The number of hydrogen-bond donors (Lipinski definition) is 2. The zero-order chi connectivity index (χ0) is 19.0. The highest BCUT2D eigenvalue weighted by Gasteiger charge is 2.26. The topological polar surface area (TPSA) is 81.6 Å². The van der Waals surface area contributed by atoms with Crippen LogP contribution < -0.4 is 20.3 Å². The quantitative estimate of drug-likeness (QED) is 0.643. The number of carbonyl (C=O) groups is 2. The van der Waals surface area contributed by atoms with Crippen LogP contribution in [0.3, 0.4) is 0 Å². The Hall–Kier alpha value is -3.22. The molecular weight excluding hydrogens is 346 g/mol. The van der Waals surface area contributed by atoms with E-state index >= 15 is 0 Å². The van der Waals surface area contributed by atoms with E-state index in [9.17, 15) is 9.59 Å². The van der Waals surface area contributed by atoms with Crippen LogP contribution >= 0.6 is 0 Å². The molecule has 2 aromatic rings. The molecule has 4 rings (SSSR count). The van der Waals surface area contributed by atoms with Crippen molar-refractivity contribution in [2.45, 2.75) is 32.7 Å². The van der Waals surface area contributed by atoms with Gasteiger partial charge in [0, 0.05) is 29.1 Å². The number of hydrazine groups is 1. The number of nitrogens with zero attached hydrogens (tertiary/aromatic N) is 1. The summed E-state index contributed by atoms with van der Waals surface area (Å²) in [4.78, 5) is 24.2. The van der Waals surface area contributed by atoms with E-state index in [4.69, 9.17) is 9.47 Å². The SMILES string of the molecule is Cc1cc(/C=C/C(=O)NNC(=O)c2ccc3c(c2)OCO3)c(C)n1C1CC1. The number of fused-ring (bicyclic) bond motifs is 1. The minimum atomic E-state index is -0.429. The normalized spacial score (nSPS) is 15.2. The summed E-state index contributed by atoms with van der Waals surface area (Å²) >= 11 is 0. The number of hydrogen-bond acceptors (Lipinski definition) is 4. The lowest BCUT2D eigenvalue weighted by Crippen LogP contribution is -2.40. The number of ether oxygens (including phenoxy) is 2. The maximum atomic E-state index is 12.2. The molecule has 0 bridgehead atoms. The molecule has 7 heteroatoms. The van der Waals surface area contributed by atoms with Crippen molar-refractivity contribution in [3.8, 4) is 11.5 Å². The predicted octanol–water partition coefficient (Wildman–Crippen LogP) is 2.64. The smallest absolute Gasteiger partial charge is 0.269 e. The summed E-state index contributed by atoms with van der Waals surface area (Å²) in [5, 5.41) is 0. The van der Waals surface area contributed by atoms with Crippen LogP contribution in [0, 0.1) is 13.8 Å². The Labute approximate surface area is 156 Å². The molecule has 1 aliphatic carbocycles. The molecule has 0 saturated heterocycles. The summed E-state index contributed by atoms with van der Waals surface area (Å²) in [6, 6.07) is 7.52. The summed E-state index contributed by atoms with van der Waals surface area (Å²) in [7, 11) is 0. The molecule has 140 valence electrons. The van der Waals surface area contributed by atoms with Crippen molar-refractivity contribution in [1.82, 2.24) is 15.4 Å². The third-order valence-corrected chi connectivity index (χ3v) is 4.78. The van der Waals surface area contributed by atoms with Gasteiger partial charge in [-0.2, -0.15) is 0 Å². The first-order valence-electron chi connectivity index (χ1n) is 8.89. The molecule has 1 saturated carbocycles. The number of amides is 2. The third-order valence-electron chi connectivity index (χ3n) is 4.78. The summed E-state index contributed by atoms with van der Waals surface area (Å²) in [5.41, 5.74) is 8.52. The first-order valence-corrected chi connectivity index (χ1v) is 8.89. The van der Waals surface area contributed by atoms with Gasteiger partial charge in [0.05, 0.1) is 0 Å². The van der Waals surface area contributed by atoms with E-state index in [1.54, 1.807) is 24.3 Å². The van der Waals surface area contributed by atoms with Crippen molar-refractivity contribution in [2.24, 2.45) is 0 Å². The summed E-state index contributed by atoms with van der Waals surface area (Å²) in [5.74, 6) is 0.282. The Kier molecular flexibility index (Phi) is 4.35. The molecule has 2 N–H and O–H groups in total. The first kappa shape index (κ1) is 17.2. The molecule has 2 heterocycles. The van der Waals surface area contributed by atoms with E-state index in [0.29, 0.717) is 23.1 Å². The van der Waals surface area contributed by atoms with Gasteiger partial charge in [-0.3, -0.25) is 20.4 Å². The van der Waals surface area contributed by atoms with E-state index in [1.165, 1.54) is 24.6 Å². The van der Waals surface area contributed by atoms with Crippen molar-refractivity contribution in [3.05, 3.63) is 52.9 Å². The Morgan fingerprint density at radius 3 is 2.67 bits per heavy atom. The second-order valence-corrected chi connectivity index (χ2v) is 6.77. The molecule has 1 aliphatic heterocycles. The van der Waals surface area contributed by atoms with Gasteiger partial charge in [0.15, 0.2) is 11.5 Å². The average Bonchev–Trinajstić information content (AvgIpc) is 3.29. The predicted molar refractivity (Wildman–Crippen MR) is 99.4 cm³/mol. The molecule has 0 atom stereocenters. The lowest BCUT2D eigenvalue weighted by molar-refractivity contribution is -0.117. The average molecular weight is 367 g/mol. The first-order chi connectivity index (χ1) is 13.0.